The number of fused-ring (bicyclic) bond motifs is 1. The summed E-state index contributed by atoms with van der Waals surface area (Å²) in [6.45, 7) is 10.7. The number of hydrogen-bond acceptors (Lipinski definition) is 3. The van der Waals surface area contributed by atoms with Gasteiger partial charge in [-0.3, -0.25) is 9.59 Å². The highest BCUT2D eigenvalue weighted by Crippen LogP contribution is 2.41. The fourth-order valence-corrected chi connectivity index (χ4v) is 5.41. The van der Waals surface area contributed by atoms with Crippen LogP contribution in [0.4, 0.5) is 0 Å². The highest BCUT2D eigenvalue weighted by Gasteiger charge is 2.35. The summed E-state index contributed by atoms with van der Waals surface area (Å²) in [5, 5.41) is 3.16. The van der Waals surface area contributed by atoms with E-state index in [4.69, 9.17) is 23.2 Å². The third kappa shape index (κ3) is 5.63. The van der Waals surface area contributed by atoms with Crippen LogP contribution in [0, 0.1) is 5.41 Å². The lowest BCUT2D eigenvalue weighted by Crippen LogP contribution is -2.49. The van der Waals surface area contributed by atoms with E-state index in [-0.39, 0.29) is 35.9 Å². The maximum atomic E-state index is 13.5. The van der Waals surface area contributed by atoms with Crippen molar-refractivity contribution in [3.05, 3.63) is 55.7 Å². The summed E-state index contributed by atoms with van der Waals surface area (Å²) < 4.78 is 0. The highest BCUT2D eigenvalue weighted by molar-refractivity contribution is 7.10. The van der Waals surface area contributed by atoms with Gasteiger partial charge in [0.15, 0.2) is 0 Å². The van der Waals surface area contributed by atoms with Crippen molar-refractivity contribution in [1.82, 2.24) is 9.80 Å². The minimum absolute atomic E-state index is 0.00478. The first-order chi connectivity index (χ1) is 14.5. The van der Waals surface area contributed by atoms with Gasteiger partial charge in [-0.25, -0.2) is 0 Å². The fraction of sp³-hybridized carbons (Fsp3) is 0.500. The second kappa shape index (κ2) is 9.51. The molecule has 0 aliphatic carbocycles. The molecule has 3 rings (SSSR count). The second-order valence-corrected chi connectivity index (χ2v) is 11.4. The minimum atomic E-state index is -0.279. The zero-order valence-corrected chi connectivity index (χ0v) is 21.1. The third-order valence-corrected chi connectivity index (χ3v) is 7.03. The van der Waals surface area contributed by atoms with Gasteiger partial charge in [-0.2, -0.15) is 0 Å². The summed E-state index contributed by atoms with van der Waals surface area (Å²) in [5.74, 6) is -0.0611. The Bertz CT molecular complexity index is 965. The molecule has 1 atom stereocenters. The number of carbonyl (C=O) groups excluding carboxylic acids is 2. The Morgan fingerprint density at radius 3 is 2.52 bits per heavy atom. The summed E-state index contributed by atoms with van der Waals surface area (Å²) in [5.41, 5.74) is 1.82. The van der Waals surface area contributed by atoms with Crippen LogP contribution in [0.3, 0.4) is 0 Å². The summed E-state index contributed by atoms with van der Waals surface area (Å²) in [4.78, 5) is 31.3. The number of amides is 2. The molecule has 0 spiro atoms. The van der Waals surface area contributed by atoms with Gasteiger partial charge < -0.3 is 9.80 Å². The van der Waals surface area contributed by atoms with Crippen LogP contribution in [-0.2, 0) is 16.0 Å². The number of hydrogen-bond donors (Lipinski definition) is 0. The van der Waals surface area contributed by atoms with Crippen LogP contribution in [0.2, 0.25) is 10.0 Å². The first-order valence-electron chi connectivity index (χ1n) is 10.6. The quantitative estimate of drug-likeness (QED) is 0.510. The molecule has 7 heteroatoms. The van der Waals surface area contributed by atoms with Gasteiger partial charge in [0.2, 0.25) is 11.8 Å². The molecule has 0 bridgehead atoms. The standard InChI is InChI=1S/C24H30Cl2N2O2S/c1-15(2)28(21(29)13-24(3,4)5)14-22(30)27-10-8-20-18(9-11-31-20)23(27)17-7-6-16(25)12-19(17)26/h6-7,9,11-12,15,23H,8,10,13-14H2,1-5H3/t23-/m1/s1. The summed E-state index contributed by atoms with van der Waals surface area (Å²) in [6, 6.07) is 7.15. The maximum absolute atomic E-state index is 13.5. The van der Waals surface area contributed by atoms with E-state index in [0.29, 0.717) is 23.0 Å². The van der Waals surface area contributed by atoms with Crippen LogP contribution < -0.4 is 0 Å². The fourth-order valence-electron chi connectivity index (χ4n) is 3.99. The topological polar surface area (TPSA) is 40.6 Å². The van der Waals surface area contributed by atoms with Gasteiger partial charge in [-0.05, 0) is 60.4 Å². The van der Waals surface area contributed by atoms with Gasteiger partial charge in [0.1, 0.15) is 6.54 Å². The first kappa shape index (κ1) is 24.1. The predicted molar refractivity (Wildman–Crippen MR) is 129 cm³/mol. The number of nitrogens with zero attached hydrogens (tertiary/aromatic N) is 2. The van der Waals surface area contributed by atoms with Gasteiger partial charge in [0, 0.05) is 33.9 Å². The minimum Gasteiger partial charge on any atom is -0.331 e. The van der Waals surface area contributed by atoms with Crippen LogP contribution in [0.1, 0.15) is 63.1 Å². The van der Waals surface area contributed by atoms with E-state index >= 15 is 0 Å². The Morgan fingerprint density at radius 2 is 1.90 bits per heavy atom. The van der Waals surface area contributed by atoms with Crippen molar-refractivity contribution in [3.63, 3.8) is 0 Å². The Hall–Kier alpha value is -1.56. The number of rotatable bonds is 5. The number of carbonyl (C=O) groups is 2. The van der Waals surface area contributed by atoms with Crippen molar-refractivity contribution in [3.8, 4) is 0 Å². The van der Waals surface area contributed by atoms with Gasteiger partial charge >= 0.3 is 0 Å². The molecule has 168 valence electrons. The van der Waals surface area contributed by atoms with Crippen molar-refractivity contribution in [2.24, 2.45) is 5.41 Å². The summed E-state index contributed by atoms with van der Waals surface area (Å²) >= 11 is 14.4. The smallest absolute Gasteiger partial charge is 0.243 e. The zero-order chi connectivity index (χ0) is 22.9. The molecule has 0 radical (unpaired) electrons. The van der Waals surface area contributed by atoms with Gasteiger partial charge in [-0.15, -0.1) is 11.3 Å². The van der Waals surface area contributed by atoms with Gasteiger partial charge in [0.05, 0.1) is 6.04 Å². The zero-order valence-electron chi connectivity index (χ0n) is 18.7. The second-order valence-electron chi connectivity index (χ2n) is 9.56. The Kier molecular flexibility index (Phi) is 7.39. The van der Waals surface area contributed by atoms with E-state index in [1.165, 1.54) is 4.88 Å². The lowest BCUT2D eigenvalue weighted by atomic mass is 9.91. The SMILES string of the molecule is CC(C)N(CC(=O)N1CCc2sccc2[C@H]1c1ccc(Cl)cc1Cl)C(=O)CC(C)(C)C. The molecule has 1 aromatic carbocycles. The van der Waals surface area contributed by atoms with Gasteiger partial charge in [-0.1, -0.05) is 50.0 Å². The van der Waals surface area contributed by atoms with E-state index in [9.17, 15) is 9.59 Å². The molecule has 1 aliphatic rings. The van der Waals surface area contributed by atoms with Crippen LogP contribution in [-0.4, -0.2) is 40.7 Å². The van der Waals surface area contributed by atoms with Gasteiger partial charge in [0.25, 0.3) is 0 Å². The van der Waals surface area contributed by atoms with Crippen molar-refractivity contribution < 1.29 is 9.59 Å². The highest BCUT2D eigenvalue weighted by atomic mass is 35.5. The largest absolute Gasteiger partial charge is 0.331 e. The average Bonchev–Trinajstić information content (AvgIpc) is 3.12. The van der Waals surface area contributed by atoms with E-state index in [2.05, 4.69) is 11.4 Å². The monoisotopic (exact) mass is 480 g/mol. The molecule has 0 saturated carbocycles. The molecule has 0 unspecified atom stereocenters. The van der Waals surface area contributed by atoms with E-state index in [1.807, 2.05) is 45.6 Å². The van der Waals surface area contributed by atoms with Crippen molar-refractivity contribution >= 4 is 46.4 Å². The first-order valence-corrected chi connectivity index (χ1v) is 12.2. The molecule has 2 heterocycles. The Balaban J connectivity index is 1.92. The molecule has 0 saturated heterocycles. The number of benzene rings is 1. The molecule has 1 aliphatic heterocycles. The molecule has 1 aromatic heterocycles. The molecule has 2 aromatic rings. The summed E-state index contributed by atoms with van der Waals surface area (Å²) in [6.07, 6.45) is 1.21. The summed E-state index contributed by atoms with van der Waals surface area (Å²) in [7, 11) is 0. The van der Waals surface area contributed by atoms with Crippen molar-refractivity contribution in [2.75, 3.05) is 13.1 Å². The molecule has 2 amide bonds. The van der Waals surface area contributed by atoms with E-state index in [1.54, 1.807) is 28.4 Å². The van der Waals surface area contributed by atoms with Crippen molar-refractivity contribution in [2.45, 2.75) is 59.5 Å². The third-order valence-electron chi connectivity index (χ3n) is 5.47. The lowest BCUT2D eigenvalue weighted by molar-refractivity contribution is -0.144. The maximum Gasteiger partial charge on any atom is 0.243 e. The van der Waals surface area contributed by atoms with Crippen molar-refractivity contribution in [1.29, 1.82) is 0 Å². The predicted octanol–water partition coefficient (Wildman–Crippen LogP) is 6.20. The molecule has 0 fully saturated rings. The van der Waals surface area contributed by atoms with Crippen LogP contribution in [0.15, 0.2) is 29.6 Å². The molecule has 0 N–H and O–H groups in total. The van der Waals surface area contributed by atoms with Crippen LogP contribution in [0.25, 0.3) is 0 Å². The molecule has 31 heavy (non-hydrogen) atoms. The van der Waals surface area contributed by atoms with E-state index < -0.39 is 0 Å². The molecular formula is C24H30Cl2N2O2S. The average molecular weight is 481 g/mol. The Labute approximate surface area is 199 Å². The van der Waals surface area contributed by atoms with Crippen LogP contribution >= 0.6 is 34.5 Å². The molecule has 4 nitrogen and oxygen atoms in total. The Morgan fingerprint density at radius 1 is 1.19 bits per heavy atom. The van der Waals surface area contributed by atoms with E-state index in [0.717, 1.165) is 17.5 Å². The lowest BCUT2D eigenvalue weighted by Gasteiger charge is -2.39. The van der Waals surface area contributed by atoms with Crippen LogP contribution in [0.5, 0.6) is 0 Å². The number of halogens is 2. The normalized spacial score (nSPS) is 16.4. The molecular weight excluding hydrogens is 451 g/mol. The number of thiophene rings is 1.